The molecule has 23 heavy (non-hydrogen) atoms. The Morgan fingerprint density at radius 1 is 1.17 bits per heavy atom. The molecular formula is C18H22FN3O. The molecule has 2 heterocycles. The molecule has 0 amide bonds. The van der Waals surface area contributed by atoms with E-state index < -0.39 is 0 Å². The van der Waals surface area contributed by atoms with Crippen molar-refractivity contribution in [1.82, 2.24) is 10.3 Å². The Kier molecular flexibility index (Phi) is 5.20. The van der Waals surface area contributed by atoms with Crippen molar-refractivity contribution in [3.63, 3.8) is 0 Å². The van der Waals surface area contributed by atoms with Gasteiger partial charge < -0.3 is 15.3 Å². The van der Waals surface area contributed by atoms with Gasteiger partial charge in [0.2, 0.25) is 0 Å². The Bertz CT molecular complexity index is 627. The lowest BCUT2D eigenvalue weighted by Crippen LogP contribution is -2.36. The summed E-state index contributed by atoms with van der Waals surface area (Å²) in [5, 5.41) is 12.8. The van der Waals surface area contributed by atoms with E-state index in [0.717, 1.165) is 11.3 Å². The maximum absolute atomic E-state index is 14.3. The lowest BCUT2D eigenvalue weighted by Gasteiger charge is -2.31. The summed E-state index contributed by atoms with van der Waals surface area (Å²) in [6.45, 7) is 2.67. The summed E-state index contributed by atoms with van der Waals surface area (Å²) in [4.78, 5) is 6.25. The number of benzene rings is 1. The maximum Gasteiger partial charge on any atom is 0.146 e. The molecule has 0 aliphatic carbocycles. The van der Waals surface area contributed by atoms with Crippen molar-refractivity contribution >= 4 is 5.69 Å². The van der Waals surface area contributed by atoms with Crippen LogP contribution in [0.2, 0.25) is 0 Å². The Hall–Kier alpha value is -1.98. The average molecular weight is 315 g/mol. The summed E-state index contributed by atoms with van der Waals surface area (Å²) in [5.41, 5.74) is 2.51. The quantitative estimate of drug-likeness (QED) is 0.890. The van der Waals surface area contributed by atoms with Crippen LogP contribution in [0.4, 0.5) is 10.1 Å². The summed E-state index contributed by atoms with van der Waals surface area (Å²) in [6, 6.07) is 11.2. The van der Waals surface area contributed by atoms with Crippen molar-refractivity contribution < 1.29 is 9.50 Å². The fraction of sp³-hybridized carbons (Fsp3) is 0.389. The second-order valence-corrected chi connectivity index (χ2v) is 5.93. The number of aliphatic hydroxyl groups excluding tert-OH is 1. The van der Waals surface area contributed by atoms with Gasteiger partial charge in [0.1, 0.15) is 5.82 Å². The maximum atomic E-state index is 14.3. The van der Waals surface area contributed by atoms with Gasteiger partial charge in [0, 0.05) is 32.4 Å². The molecule has 122 valence electrons. The number of aliphatic hydroxyl groups is 1. The van der Waals surface area contributed by atoms with E-state index >= 15 is 0 Å². The first-order valence-electron chi connectivity index (χ1n) is 8.04. The molecule has 4 nitrogen and oxygen atoms in total. The van der Waals surface area contributed by atoms with Gasteiger partial charge in [0.25, 0.3) is 0 Å². The molecule has 2 aromatic rings. The third-order valence-electron chi connectivity index (χ3n) is 4.18. The molecule has 0 saturated carbocycles. The smallest absolute Gasteiger partial charge is 0.146 e. The summed E-state index contributed by atoms with van der Waals surface area (Å²) in [7, 11) is 0. The highest BCUT2D eigenvalue weighted by atomic mass is 19.1. The van der Waals surface area contributed by atoms with Gasteiger partial charge >= 0.3 is 0 Å². The van der Waals surface area contributed by atoms with Gasteiger partial charge in [0.05, 0.1) is 17.5 Å². The summed E-state index contributed by atoms with van der Waals surface area (Å²) < 4.78 is 14.3. The third kappa shape index (κ3) is 4.27. The van der Waals surface area contributed by atoms with E-state index in [1.54, 1.807) is 12.3 Å². The molecule has 1 saturated heterocycles. The zero-order valence-corrected chi connectivity index (χ0v) is 13.1. The predicted octanol–water partition coefficient (Wildman–Crippen LogP) is 2.47. The Labute approximate surface area is 136 Å². The van der Waals surface area contributed by atoms with Crippen LogP contribution >= 0.6 is 0 Å². The standard InChI is InChI=1S/C18H22FN3O/c19-17-11-14(12-20-13-15-3-1-2-8-21-15)4-5-18(17)22-9-6-16(23)7-10-22/h1-5,8,11,16,20,23H,6-7,9-10,12-13H2. The van der Waals surface area contributed by atoms with E-state index in [1.807, 2.05) is 35.2 Å². The number of halogens is 1. The predicted molar refractivity (Wildman–Crippen MR) is 88.6 cm³/mol. The SMILES string of the molecule is OC1CCN(c2ccc(CNCc3ccccn3)cc2F)CC1. The van der Waals surface area contributed by atoms with Gasteiger partial charge in [-0.15, -0.1) is 0 Å². The Balaban J connectivity index is 1.56. The van der Waals surface area contributed by atoms with Crippen LogP contribution < -0.4 is 10.2 Å². The molecule has 0 radical (unpaired) electrons. The van der Waals surface area contributed by atoms with Gasteiger partial charge in [-0.3, -0.25) is 4.98 Å². The van der Waals surface area contributed by atoms with Gasteiger partial charge in [-0.2, -0.15) is 0 Å². The third-order valence-corrected chi connectivity index (χ3v) is 4.18. The first-order valence-corrected chi connectivity index (χ1v) is 8.04. The van der Waals surface area contributed by atoms with E-state index in [4.69, 9.17) is 0 Å². The lowest BCUT2D eigenvalue weighted by atomic mass is 10.1. The number of hydrogen-bond donors (Lipinski definition) is 2. The molecule has 0 spiro atoms. The van der Waals surface area contributed by atoms with Crippen molar-refractivity contribution in [1.29, 1.82) is 0 Å². The van der Waals surface area contributed by atoms with Crippen LogP contribution in [0, 0.1) is 5.82 Å². The van der Waals surface area contributed by atoms with Crippen LogP contribution in [0.5, 0.6) is 0 Å². The van der Waals surface area contributed by atoms with Crippen LogP contribution in [-0.2, 0) is 13.1 Å². The lowest BCUT2D eigenvalue weighted by molar-refractivity contribution is 0.145. The second kappa shape index (κ2) is 7.53. The van der Waals surface area contributed by atoms with Crippen molar-refractivity contribution in [3.8, 4) is 0 Å². The molecule has 1 aromatic carbocycles. The highest BCUT2D eigenvalue weighted by Gasteiger charge is 2.19. The zero-order chi connectivity index (χ0) is 16.1. The van der Waals surface area contributed by atoms with E-state index in [9.17, 15) is 9.50 Å². The zero-order valence-electron chi connectivity index (χ0n) is 13.1. The number of pyridine rings is 1. The van der Waals surface area contributed by atoms with E-state index in [-0.39, 0.29) is 11.9 Å². The molecule has 5 heteroatoms. The first-order chi connectivity index (χ1) is 11.2. The number of piperidine rings is 1. The number of nitrogens with zero attached hydrogens (tertiary/aromatic N) is 2. The minimum atomic E-state index is -0.246. The van der Waals surface area contributed by atoms with Crippen molar-refractivity contribution in [2.75, 3.05) is 18.0 Å². The Morgan fingerprint density at radius 2 is 2.00 bits per heavy atom. The van der Waals surface area contributed by atoms with E-state index in [2.05, 4.69) is 10.3 Å². The van der Waals surface area contributed by atoms with Gasteiger partial charge in [-0.05, 0) is 42.7 Å². The number of anilines is 1. The highest BCUT2D eigenvalue weighted by molar-refractivity contribution is 5.49. The molecule has 0 bridgehead atoms. The van der Waals surface area contributed by atoms with Crippen molar-refractivity contribution in [2.45, 2.75) is 32.0 Å². The van der Waals surface area contributed by atoms with Crippen molar-refractivity contribution in [2.24, 2.45) is 0 Å². The van der Waals surface area contributed by atoms with E-state index in [1.165, 1.54) is 0 Å². The molecule has 2 N–H and O–H groups in total. The van der Waals surface area contributed by atoms with Gasteiger partial charge in [0.15, 0.2) is 0 Å². The summed E-state index contributed by atoms with van der Waals surface area (Å²) in [5.74, 6) is -0.196. The molecule has 1 aliphatic rings. The first kappa shape index (κ1) is 15.9. The normalized spacial score (nSPS) is 15.8. The Morgan fingerprint density at radius 3 is 2.70 bits per heavy atom. The molecule has 1 aromatic heterocycles. The molecule has 0 atom stereocenters. The second-order valence-electron chi connectivity index (χ2n) is 5.93. The largest absolute Gasteiger partial charge is 0.393 e. The molecule has 1 aliphatic heterocycles. The van der Waals surface area contributed by atoms with Gasteiger partial charge in [-0.1, -0.05) is 12.1 Å². The molecular weight excluding hydrogens is 293 g/mol. The average Bonchev–Trinajstić information content (AvgIpc) is 2.57. The number of aromatic nitrogens is 1. The monoisotopic (exact) mass is 315 g/mol. The summed E-state index contributed by atoms with van der Waals surface area (Å²) in [6.07, 6.45) is 2.92. The van der Waals surface area contributed by atoms with Gasteiger partial charge in [-0.25, -0.2) is 4.39 Å². The number of nitrogens with one attached hydrogen (secondary N) is 1. The fourth-order valence-corrected chi connectivity index (χ4v) is 2.86. The van der Waals surface area contributed by atoms with Crippen LogP contribution in [-0.4, -0.2) is 29.3 Å². The van der Waals surface area contributed by atoms with E-state index in [0.29, 0.717) is 44.7 Å². The van der Waals surface area contributed by atoms with Crippen LogP contribution in [0.15, 0.2) is 42.6 Å². The van der Waals surface area contributed by atoms with Crippen LogP contribution in [0.1, 0.15) is 24.1 Å². The molecule has 1 fully saturated rings. The summed E-state index contributed by atoms with van der Waals surface area (Å²) >= 11 is 0. The van der Waals surface area contributed by atoms with Crippen LogP contribution in [0.25, 0.3) is 0 Å². The van der Waals surface area contributed by atoms with Crippen molar-refractivity contribution in [3.05, 3.63) is 59.7 Å². The topological polar surface area (TPSA) is 48.4 Å². The fourth-order valence-electron chi connectivity index (χ4n) is 2.86. The minimum Gasteiger partial charge on any atom is -0.393 e. The van der Waals surface area contributed by atoms with Crippen LogP contribution in [0.3, 0.4) is 0 Å². The molecule has 3 rings (SSSR count). The minimum absolute atomic E-state index is 0.196. The molecule has 0 unspecified atom stereocenters. The number of hydrogen-bond acceptors (Lipinski definition) is 4. The highest BCUT2D eigenvalue weighted by Crippen LogP contribution is 2.24. The number of rotatable bonds is 5.